The van der Waals surface area contributed by atoms with Gasteiger partial charge in [0.1, 0.15) is 0 Å². The fourth-order valence-corrected chi connectivity index (χ4v) is 2.74. The lowest BCUT2D eigenvalue weighted by Crippen LogP contribution is -2.46. The molecule has 0 saturated heterocycles. The Balaban J connectivity index is 2.66. The van der Waals surface area contributed by atoms with E-state index in [0.717, 1.165) is 12.8 Å². The van der Waals surface area contributed by atoms with Gasteiger partial charge >= 0.3 is 5.97 Å². The maximum atomic E-state index is 12.2. The first-order chi connectivity index (χ1) is 8.97. The van der Waals surface area contributed by atoms with Crippen molar-refractivity contribution >= 4 is 11.9 Å². The average Bonchev–Trinajstić information content (AvgIpc) is 2.37. The number of hydrogen-bond acceptors (Lipinski definition) is 3. The summed E-state index contributed by atoms with van der Waals surface area (Å²) in [5.41, 5.74) is 0. The molecular formula is C14H25NO4. The first kappa shape index (κ1) is 16.0. The van der Waals surface area contributed by atoms with Gasteiger partial charge in [-0.05, 0) is 25.2 Å². The van der Waals surface area contributed by atoms with Crippen LogP contribution >= 0.6 is 0 Å². The lowest BCUT2D eigenvalue weighted by Gasteiger charge is -2.30. The normalized spacial score (nSPS) is 25.1. The van der Waals surface area contributed by atoms with Crippen LogP contribution in [0.3, 0.4) is 0 Å². The van der Waals surface area contributed by atoms with Gasteiger partial charge in [-0.25, -0.2) is 0 Å². The molecular weight excluding hydrogens is 246 g/mol. The highest BCUT2D eigenvalue weighted by atomic mass is 16.4. The molecule has 3 N–H and O–H groups in total. The molecule has 0 bridgehead atoms. The third kappa shape index (κ3) is 4.49. The van der Waals surface area contributed by atoms with Crippen LogP contribution in [0.5, 0.6) is 0 Å². The van der Waals surface area contributed by atoms with E-state index >= 15 is 0 Å². The highest BCUT2D eigenvalue weighted by Crippen LogP contribution is 2.30. The molecule has 0 aromatic carbocycles. The fraction of sp³-hybridized carbons (Fsp3) is 0.857. The zero-order valence-corrected chi connectivity index (χ0v) is 11.8. The second-order valence-electron chi connectivity index (χ2n) is 5.71. The molecule has 1 fully saturated rings. The number of carboxylic acids is 1. The van der Waals surface area contributed by atoms with Crippen molar-refractivity contribution in [2.75, 3.05) is 6.61 Å². The number of carbonyl (C=O) groups is 2. The zero-order valence-electron chi connectivity index (χ0n) is 11.8. The lowest BCUT2D eigenvalue weighted by atomic mass is 9.78. The van der Waals surface area contributed by atoms with Crippen molar-refractivity contribution in [2.24, 2.45) is 17.8 Å². The Morgan fingerprint density at radius 2 is 1.79 bits per heavy atom. The van der Waals surface area contributed by atoms with Crippen molar-refractivity contribution < 1.29 is 19.8 Å². The summed E-state index contributed by atoms with van der Waals surface area (Å²) in [5, 5.41) is 21.1. The molecule has 1 aliphatic rings. The fourth-order valence-electron chi connectivity index (χ4n) is 2.74. The quantitative estimate of drug-likeness (QED) is 0.681. The van der Waals surface area contributed by atoms with Crippen LogP contribution in [0.4, 0.5) is 0 Å². The van der Waals surface area contributed by atoms with E-state index in [-0.39, 0.29) is 24.5 Å². The largest absolute Gasteiger partial charge is 0.481 e. The topological polar surface area (TPSA) is 86.6 Å². The first-order valence-electron chi connectivity index (χ1n) is 7.11. The van der Waals surface area contributed by atoms with Crippen LogP contribution < -0.4 is 5.32 Å². The number of aliphatic hydroxyl groups excluding tert-OH is 1. The van der Waals surface area contributed by atoms with Gasteiger partial charge in [0.25, 0.3) is 0 Å². The maximum Gasteiger partial charge on any atom is 0.307 e. The molecule has 0 radical (unpaired) electrons. The van der Waals surface area contributed by atoms with Gasteiger partial charge in [-0.1, -0.05) is 26.7 Å². The van der Waals surface area contributed by atoms with E-state index in [4.69, 9.17) is 5.11 Å². The number of aliphatic hydroxyl groups is 1. The molecule has 5 heteroatoms. The minimum atomic E-state index is -0.872. The Hall–Kier alpha value is -1.10. The molecule has 3 atom stereocenters. The molecule has 110 valence electrons. The SMILES string of the molecule is CC(C)C(CCO)NC(=O)[C@@H]1CCCC[C@@H]1C(=O)O. The van der Waals surface area contributed by atoms with Gasteiger partial charge in [0.2, 0.25) is 5.91 Å². The predicted molar refractivity (Wildman–Crippen MR) is 71.6 cm³/mol. The highest BCUT2D eigenvalue weighted by Gasteiger charge is 2.36. The van der Waals surface area contributed by atoms with Gasteiger partial charge in [-0.2, -0.15) is 0 Å². The molecule has 0 aromatic rings. The summed E-state index contributed by atoms with van der Waals surface area (Å²) in [6.07, 6.45) is 3.53. The second-order valence-corrected chi connectivity index (χ2v) is 5.71. The van der Waals surface area contributed by atoms with E-state index in [1.54, 1.807) is 0 Å². The van der Waals surface area contributed by atoms with Crippen LogP contribution in [-0.4, -0.2) is 34.7 Å². The van der Waals surface area contributed by atoms with Gasteiger partial charge in [-0.15, -0.1) is 0 Å². The summed E-state index contributed by atoms with van der Waals surface area (Å²) >= 11 is 0. The molecule has 0 aromatic heterocycles. The Bertz CT molecular complexity index is 317. The van der Waals surface area contributed by atoms with Crippen LogP contribution in [0, 0.1) is 17.8 Å². The molecule has 1 unspecified atom stereocenters. The smallest absolute Gasteiger partial charge is 0.307 e. The van der Waals surface area contributed by atoms with Crippen LogP contribution in [0.15, 0.2) is 0 Å². The van der Waals surface area contributed by atoms with Gasteiger partial charge in [0.05, 0.1) is 11.8 Å². The van der Waals surface area contributed by atoms with Gasteiger partial charge in [0.15, 0.2) is 0 Å². The second kappa shape index (κ2) is 7.48. The summed E-state index contributed by atoms with van der Waals surface area (Å²) in [4.78, 5) is 23.4. The number of nitrogens with one attached hydrogen (secondary N) is 1. The molecule has 1 amide bonds. The molecule has 0 spiro atoms. The standard InChI is InChI=1S/C14H25NO4/c1-9(2)12(7-8-16)15-13(17)10-5-3-4-6-11(10)14(18)19/h9-12,16H,3-8H2,1-2H3,(H,15,17)(H,18,19)/t10-,11+,12?/m1/s1. The van der Waals surface area contributed by atoms with Gasteiger partial charge in [-0.3, -0.25) is 9.59 Å². The summed E-state index contributed by atoms with van der Waals surface area (Å²) in [6.45, 7) is 3.99. The van der Waals surface area contributed by atoms with Crippen LogP contribution in [-0.2, 0) is 9.59 Å². The van der Waals surface area contributed by atoms with Crippen molar-refractivity contribution in [3.63, 3.8) is 0 Å². The van der Waals surface area contributed by atoms with Crippen LogP contribution in [0.1, 0.15) is 46.0 Å². The van der Waals surface area contributed by atoms with E-state index in [9.17, 15) is 14.7 Å². The summed E-state index contributed by atoms with van der Waals surface area (Å²) < 4.78 is 0. The minimum Gasteiger partial charge on any atom is -0.481 e. The Kier molecular flexibility index (Phi) is 6.28. The van der Waals surface area contributed by atoms with Crippen molar-refractivity contribution in [1.29, 1.82) is 0 Å². The number of amides is 1. The average molecular weight is 271 g/mol. The monoisotopic (exact) mass is 271 g/mol. The Morgan fingerprint density at radius 1 is 1.21 bits per heavy atom. The first-order valence-corrected chi connectivity index (χ1v) is 7.11. The van der Waals surface area contributed by atoms with E-state index in [1.807, 2.05) is 13.8 Å². The molecule has 1 aliphatic carbocycles. The molecule has 1 rings (SSSR count). The van der Waals surface area contributed by atoms with Crippen molar-refractivity contribution in [3.05, 3.63) is 0 Å². The lowest BCUT2D eigenvalue weighted by molar-refractivity contribution is -0.149. The van der Waals surface area contributed by atoms with E-state index < -0.39 is 17.8 Å². The molecule has 0 aliphatic heterocycles. The number of rotatable bonds is 6. The van der Waals surface area contributed by atoms with E-state index in [2.05, 4.69) is 5.32 Å². The Morgan fingerprint density at radius 3 is 2.26 bits per heavy atom. The summed E-state index contributed by atoms with van der Waals surface area (Å²) in [5.74, 6) is -1.80. The summed E-state index contributed by atoms with van der Waals surface area (Å²) in [6, 6.07) is -0.0890. The number of carboxylic acid groups (broad SMARTS) is 1. The number of carbonyl (C=O) groups excluding carboxylic acids is 1. The van der Waals surface area contributed by atoms with Crippen molar-refractivity contribution in [2.45, 2.75) is 52.0 Å². The number of hydrogen-bond donors (Lipinski definition) is 3. The zero-order chi connectivity index (χ0) is 14.4. The van der Waals surface area contributed by atoms with Crippen molar-refractivity contribution in [1.82, 2.24) is 5.32 Å². The Labute approximate surface area is 114 Å². The van der Waals surface area contributed by atoms with Crippen molar-refractivity contribution in [3.8, 4) is 0 Å². The van der Waals surface area contributed by atoms with E-state index in [1.165, 1.54) is 0 Å². The maximum absolute atomic E-state index is 12.2. The molecule has 1 saturated carbocycles. The van der Waals surface area contributed by atoms with Crippen LogP contribution in [0.25, 0.3) is 0 Å². The molecule has 5 nitrogen and oxygen atoms in total. The van der Waals surface area contributed by atoms with Gasteiger partial charge < -0.3 is 15.5 Å². The van der Waals surface area contributed by atoms with Crippen LogP contribution in [0.2, 0.25) is 0 Å². The third-order valence-electron chi connectivity index (χ3n) is 3.99. The third-order valence-corrected chi connectivity index (χ3v) is 3.99. The highest BCUT2D eigenvalue weighted by molar-refractivity contribution is 5.85. The summed E-state index contributed by atoms with van der Waals surface area (Å²) in [7, 11) is 0. The molecule has 19 heavy (non-hydrogen) atoms. The number of aliphatic carboxylic acids is 1. The van der Waals surface area contributed by atoms with E-state index in [0.29, 0.717) is 19.3 Å². The van der Waals surface area contributed by atoms with Gasteiger partial charge in [0, 0.05) is 12.6 Å². The minimum absolute atomic E-state index is 0.0240. The molecule has 0 heterocycles. The predicted octanol–water partition coefficient (Wildman–Crippen LogP) is 1.40.